The maximum atomic E-state index is 12.9. The van der Waals surface area contributed by atoms with Crippen LogP contribution in [0.15, 0.2) is 54.6 Å². The van der Waals surface area contributed by atoms with Crippen LogP contribution in [0, 0.1) is 6.92 Å². The van der Waals surface area contributed by atoms with Crippen LogP contribution in [0.2, 0.25) is 0 Å². The van der Waals surface area contributed by atoms with Crippen molar-refractivity contribution in [1.29, 1.82) is 0 Å². The number of nitrogens with one attached hydrogen (secondary N) is 1. The van der Waals surface area contributed by atoms with Gasteiger partial charge in [0.1, 0.15) is 0 Å². The SMILES string of the molecule is Cc1ccc2nc(-c3ccccc3)cc(C(=O)OCC(=O)N[C@@H]3CCS(=O)(=O)C3)c2c1. The molecule has 8 heteroatoms. The van der Waals surface area contributed by atoms with Gasteiger partial charge in [0, 0.05) is 17.0 Å². The Bertz CT molecular complexity index is 1260. The molecule has 1 N–H and O–H groups in total. The summed E-state index contributed by atoms with van der Waals surface area (Å²) in [4.78, 5) is 29.7. The van der Waals surface area contributed by atoms with Gasteiger partial charge < -0.3 is 10.1 Å². The molecule has 1 saturated heterocycles. The number of aromatic nitrogens is 1. The highest BCUT2D eigenvalue weighted by atomic mass is 32.2. The summed E-state index contributed by atoms with van der Waals surface area (Å²) in [6.45, 7) is 1.44. The molecular formula is C23H22N2O5S. The van der Waals surface area contributed by atoms with E-state index in [-0.39, 0.29) is 11.5 Å². The number of carbonyl (C=O) groups is 2. The topological polar surface area (TPSA) is 102 Å². The molecule has 1 fully saturated rings. The maximum Gasteiger partial charge on any atom is 0.339 e. The molecule has 4 rings (SSSR count). The van der Waals surface area contributed by atoms with Crippen molar-refractivity contribution < 1.29 is 22.7 Å². The average molecular weight is 439 g/mol. The number of rotatable bonds is 5. The van der Waals surface area contributed by atoms with Crippen LogP contribution < -0.4 is 5.32 Å². The van der Waals surface area contributed by atoms with E-state index in [0.29, 0.717) is 28.6 Å². The number of pyridine rings is 1. The Morgan fingerprint density at radius 2 is 1.90 bits per heavy atom. The van der Waals surface area contributed by atoms with E-state index in [1.165, 1.54) is 0 Å². The largest absolute Gasteiger partial charge is 0.452 e. The number of carbonyl (C=O) groups excluding carboxylic acids is 2. The van der Waals surface area contributed by atoms with Crippen LogP contribution in [-0.2, 0) is 19.4 Å². The Morgan fingerprint density at radius 1 is 1.13 bits per heavy atom. The molecule has 1 atom stereocenters. The number of amides is 1. The molecule has 1 aliphatic heterocycles. The molecule has 2 heterocycles. The molecule has 1 aromatic heterocycles. The van der Waals surface area contributed by atoms with Crippen molar-refractivity contribution in [3.63, 3.8) is 0 Å². The van der Waals surface area contributed by atoms with Crippen LogP contribution >= 0.6 is 0 Å². The average Bonchev–Trinajstić information content (AvgIpc) is 3.09. The highest BCUT2D eigenvalue weighted by Crippen LogP contribution is 2.26. The first kappa shape index (κ1) is 21.0. The lowest BCUT2D eigenvalue weighted by atomic mass is 10.0. The van der Waals surface area contributed by atoms with Crippen LogP contribution in [0.25, 0.3) is 22.2 Å². The van der Waals surface area contributed by atoms with Gasteiger partial charge in [-0.25, -0.2) is 18.2 Å². The molecule has 1 aliphatic rings. The maximum absolute atomic E-state index is 12.9. The smallest absolute Gasteiger partial charge is 0.339 e. The minimum absolute atomic E-state index is 0.0579. The summed E-state index contributed by atoms with van der Waals surface area (Å²) in [7, 11) is -3.10. The fraction of sp³-hybridized carbons (Fsp3) is 0.261. The van der Waals surface area contributed by atoms with Gasteiger partial charge in [-0.05, 0) is 31.5 Å². The van der Waals surface area contributed by atoms with Gasteiger partial charge in [0.2, 0.25) is 0 Å². The fourth-order valence-corrected chi connectivity index (χ4v) is 5.33. The van der Waals surface area contributed by atoms with Gasteiger partial charge in [-0.15, -0.1) is 0 Å². The fourth-order valence-electron chi connectivity index (χ4n) is 3.65. The summed E-state index contributed by atoms with van der Waals surface area (Å²) in [5.41, 5.74) is 3.43. The second-order valence-electron chi connectivity index (χ2n) is 7.69. The number of sulfone groups is 1. The van der Waals surface area contributed by atoms with Crippen molar-refractivity contribution in [3.05, 3.63) is 65.7 Å². The molecular weight excluding hydrogens is 416 g/mol. The number of esters is 1. The normalized spacial score (nSPS) is 17.4. The predicted molar refractivity (Wildman–Crippen MR) is 117 cm³/mol. The summed E-state index contributed by atoms with van der Waals surface area (Å²) in [5.74, 6) is -1.18. The lowest BCUT2D eigenvalue weighted by Crippen LogP contribution is -2.38. The molecule has 0 aliphatic carbocycles. The number of ether oxygens (including phenoxy) is 1. The summed E-state index contributed by atoms with van der Waals surface area (Å²) < 4.78 is 28.3. The molecule has 0 saturated carbocycles. The van der Waals surface area contributed by atoms with Crippen LogP contribution in [0.1, 0.15) is 22.3 Å². The molecule has 0 spiro atoms. The molecule has 160 valence electrons. The monoisotopic (exact) mass is 438 g/mol. The summed E-state index contributed by atoms with van der Waals surface area (Å²) in [5, 5.41) is 3.26. The van der Waals surface area contributed by atoms with Crippen molar-refractivity contribution in [2.45, 2.75) is 19.4 Å². The van der Waals surface area contributed by atoms with Gasteiger partial charge in [0.05, 0.1) is 28.3 Å². The Labute approximate surface area is 180 Å². The van der Waals surface area contributed by atoms with Crippen LogP contribution in [0.4, 0.5) is 0 Å². The molecule has 1 amide bonds. The third kappa shape index (κ3) is 4.91. The van der Waals surface area contributed by atoms with Crippen molar-refractivity contribution >= 4 is 32.6 Å². The minimum Gasteiger partial charge on any atom is -0.452 e. The van der Waals surface area contributed by atoms with E-state index in [0.717, 1.165) is 11.1 Å². The highest BCUT2D eigenvalue weighted by Gasteiger charge is 2.29. The van der Waals surface area contributed by atoms with E-state index in [1.54, 1.807) is 6.07 Å². The third-order valence-electron chi connectivity index (χ3n) is 5.19. The Kier molecular flexibility index (Phi) is 5.73. The van der Waals surface area contributed by atoms with Crippen LogP contribution in [0.3, 0.4) is 0 Å². The van der Waals surface area contributed by atoms with Crippen molar-refractivity contribution in [2.24, 2.45) is 0 Å². The Morgan fingerprint density at radius 3 is 2.61 bits per heavy atom. The minimum atomic E-state index is -3.10. The zero-order valence-corrected chi connectivity index (χ0v) is 17.8. The van der Waals surface area contributed by atoms with Gasteiger partial charge >= 0.3 is 5.97 Å². The van der Waals surface area contributed by atoms with E-state index in [9.17, 15) is 18.0 Å². The summed E-state index contributed by atoms with van der Waals surface area (Å²) in [6, 6.07) is 16.3. The van der Waals surface area contributed by atoms with Gasteiger partial charge in [-0.2, -0.15) is 0 Å². The zero-order chi connectivity index (χ0) is 22.0. The molecule has 31 heavy (non-hydrogen) atoms. The first-order chi connectivity index (χ1) is 14.8. The van der Waals surface area contributed by atoms with Crippen LogP contribution in [-0.4, -0.2) is 49.4 Å². The standard InChI is InChI=1S/C23H22N2O5S/c1-15-7-8-20-18(11-15)19(12-21(25-20)16-5-3-2-4-6-16)23(27)30-13-22(26)24-17-9-10-31(28,29)14-17/h2-8,11-12,17H,9-10,13-14H2,1H3,(H,24,26)/t17-/m1/s1. The third-order valence-corrected chi connectivity index (χ3v) is 6.95. The van der Waals surface area contributed by atoms with E-state index in [1.807, 2.05) is 55.5 Å². The lowest BCUT2D eigenvalue weighted by Gasteiger charge is -2.13. The Hall–Kier alpha value is -3.26. The quantitative estimate of drug-likeness (QED) is 0.615. The van der Waals surface area contributed by atoms with Gasteiger partial charge in [-0.3, -0.25) is 4.79 Å². The van der Waals surface area contributed by atoms with Gasteiger partial charge in [0.15, 0.2) is 16.4 Å². The Balaban J connectivity index is 1.55. The molecule has 0 bridgehead atoms. The molecule has 3 aromatic rings. The van der Waals surface area contributed by atoms with Gasteiger partial charge in [0.25, 0.3) is 5.91 Å². The van der Waals surface area contributed by atoms with E-state index < -0.39 is 34.4 Å². The number of fused-ring (bicyclic) bond motifs is 1. The van der Waals surface area contributed by atoms with E-state index >= 15 is 0 Å². The first-order valence-electron chi connectivity index (χ1n) is 9.94. The molecule has 2 aromatic carbocycles. The summed E-state index contributed by atoms with van der Waals surface area (Å²) in [6.07, 6.45) is 0.372. The molecule has 0 unspecified atom stereocenters. The highest BCUT2D eigenvalue weighted by molar-refractivity contribution is 7.91. The first-order valence-corrected chi connectivity index (χ1v) is 11.8. The predicted octanol–water partition coefficient (Wildman–Crippen LogP) is 2.67. The van der Waals surface area contributed by atoms with E-state index in [2.05, 4.69) is 10.3 Å². The van der Waals surface area contributed by atoms with Crippen molar-refractivity contribution in [1.82, 2.24) is 10.3 Å². The van der Waals surface area contributed by atoms with Crippen LogP contribution in [0.5, 0.6) is 0 Å². The van der Waals surface area contributed by atoms with Crippen molar-refractivity contribution in [2.75, 3.05) is 18.1 Å². The number of aryl methyl sites for hydroxylation is 1. The number of hydrogen-bond acceptors (Lipinski definition) is 6. The van der Waals surface area contributed by atoms with Gasteiger partial charge in [-0.1, -0.05) is 42.0 Å². The number of benzene rings is 2. The number of nitrogens with zero attached hydrogens (tertiary/aromatic N) is 1. The zero-order valence-electron chi connectivity index (χ0n) is 17.0. The second-order valence-corrected chi connectivity index (χ2v) is 9.91. The summed E-state index contributed by atoms with van der Waals surface area (Å²) >= 11 is 0. The van der Waals surface area contributed by atoms with E-state index in [4.69, 9.17) is 4.74 Å². The number of hydrogen-bond donors (Lipinski definition) is 1. The van der Waals surface area contributed by atoms with Crippen molar-refractivity contribution in [3.8, 4) is 11.3 Å². The molecule has 7 nitrogen and oxygen atoms in total. The molecule has 0 radical (unpaired) electrons. The second kappa shape index (κ2) is 8.47. The lowest BCUT2D eigenvalue weighted by molar-refractivity contribution is -0.124.